The van der Waals surface area contributed by atoms with Crippen LogP contribution in [-0.2, 0) is 10.2 Å². The predicted molar refractivity (Wildman–Crippen MR) is 135 cm³/mol. The molecule has 0 spiro atoms. The predicted octanol–water partition coefficient (Wildman–Crippen LogP) is 6.54. The van der Waals surface area contributed by atoms with Crippen molar-refractivity contribution < 1.29 is 9.53 Å². The van der Waals surface area contributed by atoms with Crippen molar-refractivity contribution in [1.82, 2.24) is 5.43 Å². The van der Waals surface area contributed by atoms with Gasteiger partial charge in [0.25, 0.3) is 5.91 Å². The molecule has 0 fully saturated rings. The molecule has 0 aliphatic carbocycles. The standard InChI is InChI=1S/C28H36N2O2/c1-22(12-10-11-15-23-13-8-7-9-14-23)29-30-26(31)20-32-25-18-16-24(17-19-25)28(5,6)21-27(2,3)4/h7-19H,20-21H2,1-6H3,(H,30,31)/b12-10-,15-11-,29-22-. The Morgan fingerprint density at radius 2 is 1.62 bits per heavy atom. The molecular weight excluding hydrogens is 396 g/mol. The summed E-state index contributed by atoms with van der Waals surface area (Å²) in [6, 6.07) is 18.0. The van der Waals surface area contributed by atoms with Gasteiger partial charge in [-0.3, -0.25) is 4.79 Å². The maximum atomic E-state index is 12.0. The van der Waals surface area contributed by atoms with Gasteiger partial charge in [-0.25, -0.2) is 5.43 Å². The van der Waals surface area contributed by atoms with E-state index in [1.54, 1.807) is 0 Å². The Hall–Kier alpha value is -3.14. The van der Waals surface area contributed by atoms with E-state index in [0.717, 1.165) is 12.0 Å². The average Bonchev–Trinajstić information content (AvgIpc) is 2.73. The molecule has 0 unspecified atom stereocenters. The molecule has 0 heterocycles. The van der Waals surface area contributed by atoms with Gasteiger partial charge in [0.2, 0.25) is 0 Å². The van der Waals surface area contributed by atoms with Gasteiger partial charge < -0.3 is 4.74 Å². The summed E-state index contributed by atoms with van der Waals surface area (Å²) in [6.45, 7) is 13.0. The largest absolute Gasteiger partial charge is 0.484 e. The van der Waals surface area contributed by atoms with Crippen molar-refractivity contribution >= 4 is 17.7 Å². The normalized spacial score (nSPS) is 13.0. The van der Waals surface area contributed by atoms with E-state index in [-0.39, 0.29) is 23.3 Å². The van der Waals surface area contributed by atoms with Crippen LogP contribution in [0.3, 0.4) is 0 Å². The molecule has 32 heavy (non-hydrogen) atoms. The summed E-state index contributed by atoms with van der Waals surface area (Å²) in [4.78, 5) is 12.0. The minimum Gasteiger partial charge on any atom is -0.484 e. The number of benzene rings is 2. The molecule has 0 saturated carbocycles. The number of carbonyl (C=O) groups is 1. The third kappa shape index (κ3) is 9.34. The summed E-state index contributed by atoms with van der Waals surface area (Å²) >= 11 is 0. The lowest BCUT2D eigenvalue weighted by atomic mass is 9.72. The van der Waals surface area contributed by atoms with Crippen LogP contribution in [0.1, 0.15) is 59.1 Å². The summed E-state index contributed by atoms with van der Waals surface area (Å²) in [5.74, 6) is 0.372. The zero-order chi connectivity index (χ0) is 23.6. The number of carbonyl (C=O) groups excluding carboxylic acids is 1. The van der Waals surface area contributed by atoms with Crippen LogP contribution >= 0.6 is 0 Å². The molecule has 1 amide bonds. The third-order valence-corrected chi connectivity index (χ3v) is 4.87. The van der Waals surface area contributed by atoms with Gasteiger partial charge in [0, 0.05) is 0 Å². The van der Waals surface area contributed by atoms with E-state index < -0.39 is 0 Å². The number of rotatable bonds is 9. The minimum absolute atomic E-state index is 0.0736. The Labute approximate surface area is 193 Å². The van der Waals surface area contributed by atoms with Crippen molar-refractivity contribution in [2.45, 2.75) is 53.4 Å². The Balaban J connectivity index is 1.79. The van der Waals surface area contributed by atoms with Gasteiger partial charge in [0.1, 0.15) is 5.75 Å². The van der Waals surface area contributed by atoms with Crippen molar-refractivity contribution in [2.24, 2.45) is 10.5 Å². The lowest BCUT2D eigenvalue weighted by Crippen LogP contribution is -2.25. The highest BCUT2D eigenvalue weighted by molar-refractivity contribution is 5.94. The van der Waals surface area contributed by atoms with E-state index in [9.17, 15) is 4.79 Å². The number of ether oxygens (including phenoxy) is 1. The SMILES string of the molecule is CC(/C=C\C=C/c1ccccc1)=N/NC(=O)COc1ccc(C(C)(C)CC(C)(C)C)cc1. The van der Waals surface area contributed by atoms with Crippen LogP contribution in [0, 0.1) is 5.41 Å². The van der Waals surface area contributed by atoms with E-state index in [0.29, 0.717) is 11.5 Å². The molecule has 0 bridgehead atoms. The number of hydrogen-bond donors (Lipinski definition) is 1. The number of nitrogens with zero attached hydrogens (tertiary/aromatic N) is 1. The van der Waals surface area contributed by atoms with Gasteiger partial charge >= 0.3 is 0 Å². The maximum Gasteiger partial charge on any atom is 0.277 e. The van der Waals surface area contributed by atoms with Crippen molar-refractivity contribution in [3.8, 4) is 5.75 Å². The molecule has 0 atom stereocenters. The fraction of sp³-hybridized carbons (Fsp3) is 0.357. The molecule has 0 aromatic heterocycles. The fourth-order valence-corrected chi connectivity index (χ4v) is 3.72. The van der Waals surface area contributed by atoms with E-state index in [4.69, 9.17) is 4.74 Å². The van der Waals surface area contributed by atoms with Crippen molar-refractivity contribution in [3.63, 3.8) is 0 Å². The van der Waals surface area contributed by atoms with E-state index in [1.807, 2.05) is 73.7 Å². The zero-order valence-electron chi connectivity index (χ0n) is 20.2. The number of amides is 1. The summed E-state index contributed by atoms with van der Waals surface area (Å²) < 4.78 is 5.61. The van der Waals surface area contributed by atoms with Crippen LogP contribution in [0.4, 0.5) is 0 Å². The second kappa shape index (κ2) is 11.5. The fourth-order valence-electron chi connectivity index (χ4n) is 3.72. The second-order valence-corrected chi connectivity index (χ2v) is 9.85. The summed E-state index contributed by atoms with van der Waals surface area (Å²) in [6.07, 6.45) is 8.74. The molecular formula is C28H36N2O2. The molecule has 4 nitrogen and oxygen atoms in total. The zero-order valence-corrected chi connectivity index (χ0v) is 20.2. The molecule has 4 heteroatoms. The van der Waals surface area contributed by atoms with Gasteiger partial charge in [-0.2, -0.15) is 5.10 Å². The molecule has 0 aliphatic rings. The molecule has 0 aliphatic heterocycles. The molecule has 2 aromatic rings. The first-order valence-corrected chi connectivity index (χ1v) is 11.0. The van der Waals surface area contributed by atoms with Crippen molar-refractivity contribution in [2.75, 3.05) is 6.61 Å². The Kier molecular flexibility index (Phi) is 9.01. The number of allylic oxidation sites excluding steroid dienone is 3. The highest BCUT2D eigenvalue weighted by atomic mass is 16.5. The number of hydrazone groups is 1. The maximum absolute atomic E-state index is 12.0. The first-order valence-electron chi connectivity index (χ1n) is 11.0. The van der Waals surface area contributed by atoms with Crippen LogP contribution in [0.2, 0.25) is 0 Å². The van der Waals surface area contributed by atoms with Crippen molar-refractivity contribution in [3.05, 3.63) is 84.0 Å². The third-order valence-electron chi connectivity index (χ3n) is 4.87. The second-order valence-electron chi connectivity index (χ2n) is 9.85. The summed E-state index contributed by atoms with van der Waals surface area (Å²) in [5, 5.41) is 4.08. The van der Waals surface area contributed by atoms with E-state index >= 15 is 0 Å². The molecule has 0 saturated heterocycles. The first-order chi connectivity index (χ1) is 15.0. The Morgan fingerprint density at radius 3 is 2.25 bits per heavy atom. The van der Waals surface area contributed by atoms with Crippen LogP contribution in [0.5, 0.6) is 5.75 Å². The quantitative estimate of drug-likeness (QED) is 0.278. The van der Waals surface area contributed by atoms with Gasteiger partial charge in [-0.15, -0.1) is 0 Å². The number of hydrogen-bond acceptors (Lipinski definition) is 3. The Morgan fingerprint density at radius 1 is 0.969 bits per heavy atom. The van der Waals surface area contributed by atoms with E-state index in [2.05, 4.69) is 57.3 Å². The van der Waals surface area contributed by atoms with Crippen LogP contribution in [0.25, 0.3) is 6.08 Å². The molecule has 2 aromatic carbocycles. The lowest BCUT2D eigenvalue weighted by molar-refractivity contribution is -0.123. The van der Waals surface area contributed by atoms with Crippen LogP contribution < -0.4 is 10.2 Å². The highest BCUT2D eigenvalue weighted by Crippen LogP contribution is 2.36. The Bertz CT molecular complexity index is 947. The number of nitrogens with one attached hydrogen (secondary N) is 1. The van der Waals surface area contributed by atoms with Gasteiger partial charge in [-0.05, 0) is 53.5 Å². The van der Waals surface area contributed by atoms with Crippen LogP contribution in [-0.4, -0.2) is 18.2 Å². The minimum atomic E-state index is -0.297. The lowest BCUT2D eigenvalue weighted by Gasteiger charge is -2.33. The summed E-state index contributed by atoms with van der Waals surface area (Å²) in [5.41, 5.74) is 5.93. The van der Waals surface area contributed by atoms with Gasteiger partial charge in [0.15, 0.2) is 6.61 Å². The average molecular weight is 433 g/mol. The molecule has 1 N–H and O–H groups in total. The van der Waals surface area contributed by atoms with E-state index in [1.165, 1.54) is 5.56 Å². The van der Waals surface area contributed by atoms with Crippen LogP contribution in [0.15, 0.2) is 77.9 Å². The molecule has 2 rings (SSSR count). The first kappa shape index (κ1) is 25.1. The van der Waals surface area contributed by atoms with Gasteiger partial charge in [0.05, 0.1) is 5.71 Å². The van der Waals surface area contributed by atoms with Crippen molar-refractivity contribution in [1.29, 1.82) is 0 Å². The highest BCUT2D eigenvalue weighted by Gasteiger charge is 2.27. The topological polar surface area (TPSA) is 50.7 Å². The van der Waals surface area contributed by atoms with Gasteiger partial charge in [-0.1, -0.05) is 95.3 Å². The molecule has 0 radical (unpaired) electrons. The monoisotopic (exact) mass is 432 g/mol. The summed E-state index contributed by atoms with van der Waals surface area (Å²) in [7, 11) is 0. The smallest absolute Gasteiger partial charge is 0.277 e. The molecule has 170 valence electrons.